The molecule has 8 nitrogen and oxygen atoms in total. The molecule has 4 aliphatic rings. The fraction of sp³-hybridized carbons (Fsp3) is 0.526. The largest absolute Gasteiger partial charge is 0.309 e. The van der Waals surface area contributed by atoms with Crippen molar-refractivity contribution in [2.45, 2.75) is 49.1 Å². The lowest BCUT2D eigenvalue weighted by Gasteiger charge is -2.47. The van der Waals surface area contributed by atoms with Crippen LogP contribution in [0.5, 0.6) is 0 Å². The van der Waals surface area contributed by atoms with Crippen molar-refractivity contribution in [1.82, 2.24) is 19.5 Å². The quantitative estimate of drug-likeness (QED) is 0.798. The first kappa shape index (κ1) is 17.8. The molecule has 0 radical (unpaired) electrons. The Morgan fingerprint density at radius 3 is 2.79 bits per heavy atom. The van der Waals surface area contributed by atoms with E-state index in [4.69, 9.17) is 0 Å². The van der Waals surface area contributed by atoms with Gasteiger partial charge in [0.2, 0.25) is 5.91 Å². The molecule has 148 valence electrons. The minimum Gasteiger partial charge on any atom is -0.309 e. The second-order valence-electron chi connectivity index (χ2n) is 8.07. The van der Waals surface area contributed by atoms with Crippen molar-refractivity contribution in [1.29, 1.82) is 0 Å². The molecule has 4 heterocycles. The number of nitrogens with one attached hydrogen (secondary N) is 2. The standard InChI is InChI=1S/C19H23N5O3S/c25-19(21-17-10-15(22-23-17)13-5-6-13)14-9-12-4-7-16(14)24(11-12)28(26,27)18-3-1-2-8-20-18/h1-3,8,10,12-14,16H,4-7,9,11H2,(H2,21,22,23,25)/t12-,14+,16+/m0/s1. The van der Waals surface area contributed by atoms with Crippen molar-refractivity contribution in [3.8, 4) is 0 Å². The zero-order valence-corrected chi connectivity index (χ0v) is 16.2. The van der Waals surface area contributed by atoms with Gasteiger partial charge in [0.05, 0.1) is 5.92 Å². The molecular weight excluding hydrogens is 378 g/mol. The number of aromatic amines is 1. The number of hydrogen-bond acceptors (Lipinski definition) is 5. The van der Waals surface area contributed by atoms with Crippen LogP contribution in [0.2, 0.25) is 0 Å². The highest BCUT2D eigenvalue weighted by molar-refractivity contribution is 7.89. The number of carbonyl (C=O) groups is 1. The Balaban J connectivity index is 1.36. The molecule has 3 atom stereocenters. The van der Waals surface area contributed by atoms with Crippen molar-refractivity contribution in [3.63, 3.8) is 0 Å². The van der Waals surface area contributed by atoms with Crippen LogP contribution >= 0.6 is 0 Å². The van der Waals surface area contributed by atoms with E-state index in [1.54, 1.807) is 12.1 Å². The first-order valence-electron chi connectivity index (χ1n) is 9.81. The van der Waals surface area contributed by atoms with Crippen molar-refractivity contribution in [2.75, 3.05) is 11.9 Å². The number of amides is 1. The van der Waals surface area contributed by atoms with Crippen LogP contribution in [0.25, 0.3) is 0 Å². The minimum atomic E-state index is -3.71. The van der Waals surface area contributed by atoms with Gasteiger partial charge in [-0.1, -0.05) is 6.07 Å². The van der Waals surface area contributed by atoms with E-state index in [0.717, 1.165) is 25.0 Å². The van der Waals surface area contributed by atoms with E-state index in [1.807, 2.05) is 6.07 Å². The molecule has 0 aromatic carbocycles. The van der Waals surface area contributed by atoms with Gasteiger partial charge in [-0.3, -0.25) is 9.89 Å². The summed E-state index contributed by atoms with van der Waals surface area (Å²) in [6.07, 6.45) is 6.16. The third-order valence-corrected chi connectivity index (χ3v) is 7.95. The highest BCUT2D eigenvalue weighted by Crippen LogP contribution is 2.42. The predicted octanol–water partition coefficient (Wildman–Crippen LogP) is 2.11. The normalized spacial score (nSPS) is 27.6. The van der Waals surface area contributed by atoms with E-state index in [-0.39, 0.29) is 28.8 Å². The number of pyridine rings is 1. The molecule has 9 heteroatoms. The van der Waals surface area contributed by atoms with Gasteiger partial charge >= 0.3 is 0 Å². The van der Waals surface area contributed by atoms with Gasteiger partial charge < -0.3 is 5.32 Å². The monoisotopic (exact) mass is 401 g/mol. The Bertz CT molecular complexity index is 986. The zero-order chi connectivity index (χ0) is 19.3. The number of anilines is 1. The van der Waals surface area contributed by atoms with E-state index in [9.17, 15) is 13.2 Å². The highest BCUT2D eigenvalue weighted by atomic mass is 32.2. The summed E-state index contributed by atoms with van der Waals surface area (Å²) < 4.78 is 27.7. The number of sulfonamides is 1. The lowest BCUT2D eigenvalue weighted by Crippen LogP contribution is -2.57. The summed E-state index contributed by atoms with van der Waals surface area (Å²) in [7, 11) is -3.71. The maximum Gasteiger partial charge on any atom is 0.260 e. The Labute approximate surface area is 163 Å². The Kier molecular flexibility index (Phi) is 4.24. The van der Waals surface area contributed by atoms with E-state index in [2.05, 4.69) is 20.5 Å². The van der Waals surface area contributed by atoms with E-state index >= 15 is 0 Å². The lowest BCUT2D eigenvalue weighted by molar-refractivity contribution is -0.125. The van der Waals surface area contributed by atoms with Crippen molar-refractivity contribution in [2.24, 2.45) is 11.8 Å². The number of H-pyrrole nitrogens is 1. The average Bonchev–Trinajstić information content (AvgIpc) is 3.48. The number of nitrogens with zero attached hydrogens (tertiary/aromatic N) is 3. The lowest BCUT2D eigenvalue weighted by atomic mass is 9.73. The third kappa shape index (κ3) is 3.12. The number of carbonyl (C=O) groups excluding carboxylic acids is 1. The molecule has 2 N–H and O–H groups in total. The summed E-state index contributed by atoms with van der Waals surface area (Å²) in [4.78, 5) is 17.0. The van der Waals surface area contributed by atoms with Crippen LogP contribution in [0.4, 0.5) is 5.82 Å². The topological polar surface area (TPSA) is 108 Å². The zero-order valence-electron chi connectivity index (χ0n) is 15.4. The molecule has 2 saturated heterocycles. The molecule has 1 amide bonds. The van der Waals surface area contributed by atoms with Crippen molar-refractivity contribution in [3.05, 3.63) is 36.2 Å². The molecule has 2 aromatic rings. The van der Waals surface area contributed by atoms with Gasteiger partial charge in [-0.25, -0.2) is 13.4 Å². The van der Waals surface area contributed by atoms with Crippen molar-refractivity contribution >= 4 is 21.7 Å². The van der Waals surface area contributed by atoms with Gasteiger partial charge in [0.25, 0.3) is 10.0 Å². The molecule has 0 spiro atoms. The molecule has 2 bridgehead atoms. The van der Waals surface area contributed by atoms with Gasteiger partial charge in [-0.05, 0) is 50.2 Å². The molecule has 0 unspecified atom stereocenters. The number of piperidine rings is 2. The molecular formula is C19H23N5O3S. The smallest absolute Gasteiger partial charge is 0.260 e. The van der Waals surface area contributed by atoms with Gasteiger partial charge in [0.1, 0.15) is 0 Å². The summed E-state index contributed by atoms with van der Waals surface area (Å²) in [6, 6.07) is 6.42. The Hall–Kier alpha value is -2.26. The van der Waals surface area contributed by atoms with Crippen LogP contribution in [0.3, 0.4) is 0 Å². The summed E-state index contributed by atoms with van der Waals surface area (Å²) in [6.45, 7) is 0.460. The van der Waals surface area contributed by atoms with Crippen LogP contribution in [-0.4, -0.2) is 46.4 Å². The molecule has 2 aliphatic carbocycles. The maximum absolute atomic E-state index is 13.1. The van der Waals surface area contributed by atoms with Crippen LogP contribution in [0.15, 0.2) is 35.5 Å². The van der Waals surface area contributed by atoms with Crippen LogP contribution in [0, 0.1) is 11.8 Å². The van der Waals surface area contributed by atoms with Gasteiger partial charge in [-0.15, -0.1) is 0 Å². The fourth-order valence-electron chi connectivity index (χ4n) is 4.54. The summed E-state index contributed by atoms with van der Waals surface area (Å²) in [5.41, 5.74) is 1.06. The van der Waals surface area contributed by atoms with E-state index in [1.165, 1.54) is 16.6 Å². The third-order valence-electron chi connectivity index (χ3n) is 6.14. The summed E-state index contributed by atoms with van der Waals surface area (Å²) in [5, 5.41) is 10.1. The first-order chi connectivity index (χ1) is 13.5. The molecule has 4 fully saturated rings. The molecule has 2 aromatic heterocycles. The first-order valence-corrected chi connectivity index (χ1v) is 11.3. The second kappa shape index (κ2) is 6.66. The number of hydrogen-bond donors (Lipinski definition) is 2. The van der Waals surface area contributed by atoms with Crippen molar-refractivity contribution < 1.29 is 13.2 Å². The number of rotatable bonds is 5. The number of fused-ring (bicyclic) bond motifs is 3. The van der Waals surface area contributed by atoms with Gasteiger partial charge in [0.15, 0.2) is 10.8 Å². The maximum atomic E-state index is 13.1. The number of aromatic nitrogens is 3. The highest BCUT2D eigenvalue weighted by Gasteiger charge is 2.49. The van der Waals surface area contributed by atoms with E-state index in [0.29, 0.717) is 31.1 Å². The Morgan fingerprint density at radius 2 is 2.07 bits per heavy atom. The predicted molar refractivity (Wildman–Crippen MR) is 102 cm³/mol. The fourth-order valence-corrected chi connectivity index (χ4v) is 6.24. The summed E-state index contributed by atoms with van der Waals surface area (Å²) >= 11 is 0. The van der Waals surface area contributed by atoms with Crippen LogP contribution in [0.1, 0.15) is 43.7 Å². The molecule has 6 rings (SSSR count). The van der Waals surface area contributed by atoms with Crippen LogP contribution < -0.4 is 5.32 Å². The molecule has 2 aliphatic heterocycles. The van der Waals surface area contributed by atoms with E-state index < -0.39 is 10.0 Å². The second-order valence-corrected chi connectivity index (χ2v) is 9.91. The Morgan fingerprint density at radius 1 is 1.21 bits per heavy atom. The molecule has 28 heavy (non-hydrogen) atoms. The average molecular weight is 401 g/mol. The molecule has 2 saturated carbocycles. The van der Waals surface area contributed by atoms with Crippen LogP contribution in [-0.2, 0) is 14.8 Å². The SMILES string of the molecule is O=C(Nc1cc(C2CC2)[nH]n1)[C@@H]1C[C@@H]2CC[C@H]1N(S(=O)(=O)c1ccccn1)C2. The van der Waals surface area contributed by atoms with Gasteiger partial charge in [-0.2, -0.15) is 9.40 Å². The summed E-state index contributed by atoms with van der Waals surface area (Å²) in [5.74, 6) is 0.729. The minimum absolute atomic E-state index is 0.0445. The van der Waals surface area contributed by atoms with Gasteiger partial charge in [0, 0.05) is 36.5 Å².